The number of nitrogens with zero attached hydrogens (tertiary/aromatic N) is 2. The minimum Gasteiger partial charge on any atom is -0.496 e. The Hall–Kier alpha value is -1.40. The number of carbonyl (C=O) groups is 1. The summed E-state index contributed by atoms with van der Waals surface area (Å²) in [5.74, 6) is 0.497. The number of hydrogen-bond donors (Lipinski definition) is 0. The Kier molecular flexibility index (Phi) is 4.77. The first kappa shape index (κ1) is 15.0. The Bertz CT molecular complexity index is 627. The fourth-order valence-corrected chi connectivity index (χ4v) is 3.02. The molecular weight excluding hydrogens is 340 g/mol. The molecule has 20 heavy (non-hydrogen) atoms. The second kappa shape index (κ2) is 6.37. The molecule has 1 amide bonds. The van der Waals surface area contributed by atoms with E-state index in [1.807, 2.05) is 19.2 Å². The number of amides is 1. The fourth-order valence-electron chi connectivity index (χ4n) is 1.83. The monoisotopic (exact) mass is 354 g/mol. The molecule has 0 radical (unpaired) electrons. The van der Waals surface area contributed by atoms with Crippen molar-refractivity contribution in [2.75, 3.05) is 14.2 Å². The third-order valence-electron chi connectivity index (χ3n) is 2.80. The first-order valence-electron chi connectivity index (χ1n) is 6.01. The molecule has 1 heterocycles. The first-order chi connectivity index (χ1) is 9.51. The number of aryl methyl sites for hydroxylation is 1. The molecule has 0 aliphatic rings. The average Bonchev–Trinajstić information content (AvgIpc) is 2.83. The Morgan fingerprint density at radius 2 is 2.25 bits per heavy atom. The maximum atomic E-state index is 12.5. The number of carbonyl (C=O) groups excluding carboxylic acids is 1. The highest BCUT2D eigenvalue weighted by molar-refractivity contribution is 9.10. The van der Waals surface area contributed by atoms with Gasteiger partial charge in [0.2, 0.25) is 0 Å². The molecule has 2 aromatic rings. The molecule has 0 saturated carbocycles. The summed E-state index contributed by atoms with van der Waals surface area (Å²) in [6, 6.07) is 5.39. The molecule has 0 aliphatic heterocycles. The highest BCUT2D eigenvalue weighted by Gasteiger charge is 2.17. The van der Waals surface area contributed by atoms with Gasteiger partial charge in [-0.15, -0.1) is 11.3 Å². The minimum atomic E-state index is -0.0691. The molecule has 0 aliphatic carbocycles. The predicted octanol–water partition coefficient (Wildman–Crippen LogP) is 3.49. The van der Waals surface area contributed by atoms with E-state index in [2.05, 4.69) is 20.9 Å². The molecule has 0 bridgehead atoms. The predicted molar refractivity (Wildman–Crippen MR) is 83.3 cm³/mol. The number of thiazole rings is 1. The van der Waals surface area contributed by atoms with Crippen LogP contribution in [0.3, 0.4) is 0 Å². The van der Waals surface area contributed by atoms with E-state index in [0.717, 1.165) is 14.4 Å². The molecule has 2 rings (SSSR count). The summed E-state index contributed by atoms with van der Waals surface area (Å²) in [5, 5.41) is 1.00. The van der Waals surface area contributed by atoms with Crippen LogP contribution in [0.1, 0.15) is 20.2 Å². The molecule has 6 heteroatoms. The van der Waals surface area contributed by atoms with Crippen LogP contribution in [-0.4, -0.2) is 29.9 Å². The number of hydrogen-bond acceptors (Lipinski definition) is 4. The number of methoxy groups -OCH3 is 1. The van der Waals surface area contributed by atoms with Crippen molar-refractivity contribution in [1.29, 1.82) is 0 Å². The Labute approximate surface area is 130 Å². The molecular formula is C14H15BrN2O2S. The summed E-state index contributed by atoms with van der Waals surface area (Å²) < 4.78 is 6.15. The smallest absolute Gasteiger partial charge is 0.257 e. The van der Waals surface area contributed by atoms with Crippen LogP contribution in [0.25, 0.3) is 0 Å². The average molecular weight is 355 g/mol. The largest absolute Gasteiger partial charge is 0.496 e. The second-order valence-corrected chi connectivity index (χ2v) is 6.59. The molecule has 0 spiro atoms. The van der Waals surface area contributed by atoms with E-state index in [0.29, 0.717) is 17.9 Å². The Morgan fingerprint density at radius 1 is 1.50 bits per heavy atom. The van der Waals surface area contributed by atoms with Crippen LogP contribution in [0.4, 0.5) is 0 Å². The molecule has 0 fully saturated rings. The quantitative estimate of drug-likeness (QED) is 0.843. The van der Waals surface area contributed by atoms with Crippen LogP contribution in [-0.2, 0) is 6.54 Å². The van der Waals surface area contributed by atoms with E-state index >= 15 is 0 Å². The Balaban J connectivity index is 2.18. The summed E-state index contributed by atoms with van der Waals surface area (Å²) in [7, 11) is 3.34. The van der Waals surface area contributed by atoms with E-state index in [1.54, 1.807) is 42.5 Å². The second-order valence-electron chi connectivity index (χ2n) is 4.35. The topological polar surface area (TPSA) is 42.4 Å². The molecule has 0 unspecified atom stereocenters. The van der Waals surface area contributed by atoms with Crippen LogP contribution >= 0.6 is 27.3 Å². The van der Waals surface area contributed by atoms with Crippen LogP contribution in [0.15, 0.2) is 28.9 Å². The van der Waals surface area contributed by atoms with Crippen molar-refractivity contribution in [1.82, 2.24) is 9.88 Å². The SMILES string of the molecule is COc1cc(Br)ccc1C(=O)N(C)Cc1cnc(C)s1. The zero-order valence-electron chi connectivity index (χ0n) is 11.5. The van der Waals surface area contributed by atoms with Crippen molar-refractivity contribution in [3.63, 3.8) is 0 Å². The number of ether oxygens (including phenoxy) is 1. The summed E-state index contributed by atoms with van der Waals surface area (Å²) in [4.78, 5) is 19.4. The lowest BCUT2D eigenvalue weighted by Gasteiger charge is -2.17. The van der Waals surface area contributed by atoms with Gasteiger partial charge >= 0.3 is 0 Å². The molecule has 1 aromatic carbocycles. The third-order valence-corrected chi connectivity index (χ3v) is 4.19. The summed E-state index contributed by atoms with van der Waals surface area (Å²) in [6.45, 7) is 2.50. The van der Waals surface area contributed by atoms with Crippen LogP contribution in [0, 0.1) is 6.92 Å². The van der Waals surface area contributed by atoms with E-state index in [4.69, 9.17) is 4.74 Å². The third kappa shape index (κ3) is 3.37. The van der Waals surface area contributed by atoms with Gasteiger partial charge in [0.1, 0.15) is 5.75 Å². The van der Waals surface area contributed by atoms with E-state index in [9.17, 15) is 4.79 Å². The van der Waals surface area contributed by atoms with Gasteiger partial charge in [-0.05, 0) is 25.1 Å². The van der Waals surface area contributed by atoms with Gasteiger partial charge in [-0.3, -0.25) is 4.79 Å². The van der Waals surface area contributed by atoms with Gasteiger partial charge in [-0.2, -0.15) is 0 Å². The molecule has 106 valence electrons. The summed E-state index contributed by atoms with van der Waals surface area (Å²) in [5.41, 5.74) is 0.555. The summed E-state index contributed by atoms with van der Waals surface area (Å²) in [6.07, 6.45) is 1.81. The lowest BCUT2D eigenvalue weighted by Crippen LogP contribution is -2.26. The fraction of sp³-hybridized carbons (Fsp3) is 0.286. The van der Waals surface area contributed by atoms with Crippen molar-refractivity contribution >= 4 is 33.2 Å². The van der Waals surface area contributed by atoms with Crippen LogP contribution in [0.2, 0.25) is 0 Å². The maximum absolute atomic E-state index is 12.5. The van der Waals surface area contributed by atoms with Crippen LogP contribution in [0.5, 0.6) is 5.75 Å². The van der Waals surface area contributed by atoms with Gasteiger partial charge < -0.3 is 9.64 Å². The van der Waals surface area contributed by atoms with Crippen molar-refractivity contribution in [3.05, 3.63) is 44.3 Å². The number of halogens is 1. The lowest BCUT2D eigenvalue weighted by atomic mass is 10.2. The van der Waals surface area contributed by atoms with Crippen molar-refractivity contribution in [2.45, 2.75) is 13.5 Å². The lowest BCUT2D eigenvalue weighted by molar-refractivity contribution is 0.0783. The first-order valence-corrected chi connectivity index (χ1v) is 7.62. The van der Waals surface area contributed by atoms with Crippen molar-refractivity contribution < 1.29 is 9.53 Å². The number of benzene rings is 1. The van der Waals surface area contributed by atoms with Gasteiger partial charge in [0.05, 0.1) is 24.2 Å². The van der Waals surface area contributed by atoms with E-state index in [1.165, 1.54) is 0 Å². The van der Waals surface area contributed by atoms with E-state index in [-0.39, 0.29) is 5.91 Å². The van der Waals surface area contributed by atoms with E-state index < -0.39 is 0 Å². The molecule has 0 saturated heterocycles. The zero-order valence-corrected chi connectivity index (χ0v) is 13.9. The highest BCUT2D eigenvalue weighted by Crippen LogP contribution is 2.25. The van der Waals surface area contributed by atoms with Gasteiger partial charge in [-0.25, -0.2) is 4.98 Å². The van der Waals surface area contributed by atoms with Crippen molar-refractivity contribution in [2.24, 2.45) is 0 Å². The summed E-state index contributed by atoms with van der Waals surface area (Å²) >= 11 is 4.97. The number of rotatable bonds is 4. The number of aromatic nitrogens is 1. The minimum absolute atomic E-state index is 0.0691. The molecule has 0 atom stereocenters. The Morgan fingerprint density at radius 3 is 2.85 bits per heavy atom. The van der Waals surface area contributed by atoms with Gasteiger partial charge in [0.25, 0.3) is 5.91 Å². The molecule has 0 N–H and O–H groups in total. The standard InChI is InChI=1S/C14H15BrN2O2S/c1-9-16-7-11(20-9)8-17(2)14(18)12-5-4-10(15)6-13(12)19-3/h4-7H,8H2,1-3H3. The molecule has 1 aromatic heterocycles. The maximum Gasteiger partial charge on any atom is 0.257 e. The highest BCUT2D eigenvalue weighted by atomic mass is 79.9. The zero-order chi connectivity index (χ0) is 14.7. The van der Waals surface area contributed by atoms with Crippen molar-refractivity contribution in [3.8, 4) is 5.75 Å². The van der Waals surface area contributed by atoms with Gasteiger partial charge in [-0.1, -0.05) is 15.9 Å². The van der Waals surface area contributed by atoms with Gasteiger partial charge in [0, 0.05) is 22.6 Å². The molecule has 4 nitrogen and oxygen atoms in total. The van der Waals surface area contributed by atoms with Gasteiger partial charge in [0.15, 0.2) is 0 Å². The normalized spacial score (nSPS) is 10.4. The van der Waals surface area contributed by atoms with Crippen LogP contribution < -0.4 is 4.74 Å².